The summed E-state index contributed by atoms with van der Waals surface area (Å²) in [5, 5.41) is 5.28. The maximum Gasteiger partial charge on any atom is 0.286 e. The summed E-state index contributed by atoms with van der Waals surface area (Å²) in [4.78, 5) is 12.8. The van der Waals surface area contributed by atoms with Crippen LogP contribution in [0.4, 0.5) is 0 Å². The van der Waals surface area contributed by atoms with Crippen molar-refractivity contribution in [2.24, 2.45) is 5.10 Å². The van der Waals surface area contributed by atoms with Crippen LogP contribution in [0.5, 0.6) is 0 Å². The van der Waals surface area contributed by atoms with Crippen LogP contribution < -0.4 is 0 Å². The van der Waals surface area contributed by atoms with Gasteiger partial charge in [0, 0.05) is 0 Å². The minimum Gasteiger partial charge on any atom is -0.463 e. The first-order chi connectivity index (χ1) is 11.2. The second-order valence-electron chi connectivity index (χ2n) is 4.55. The quantitative estimate of drug-likeness (QED) is 0.478. The van der Waals surface area contributed by atoms with Gasteiger partial charge in [0.15, 0.2) is 4.32 Å². The van der Waals surface area contributed by atoms with Crippen molar-refractivity contribution in [2.75, 3.05) is 0 Å². The molecule has 0 aliphatic carbocycles. The molecule has 114 valence electrons. The lowest BCUT2D eigenvalue weighted by Crippen LogP contribution is -2.22. The molecule has 1 amide bonds. The number of rotatable bonds is 4. The van der Waals surface area contributed by atoms with Gasteiger partial charge in [0.25, 0.3) is 5.91 Å². The molecule has 0 N–H and O–H groups in total. The van der Waals surface area contributed by atoms with Crippen molar-refractivity contribution in [2.45, 2.75) is 0 Å². The second-order valence-corrected chi connectivity index (χ2v) is 6.22. The monoisotopic (exact) mass is 340 g/mol. The van der Waals surface area contributed by atoms with Crippen LogP contribution in [0.3, 0.4) is 0 Å². The predicted molar refractivity (Wildman–Crippen MR) is 96.9 cm³/mol. The summed E-state index contributed by atoms with van der Waals surface area (Å²) >= 11 is 6.42. The van der Waals surface area contributed by atoms with Crippen LogP contribution in [0.2, 0.25) is 0 Å². The van der Waals surface area contributed by atoms with Crippen LogP contribution in [0, 0.1) is 0 Å². The summed E-state index contributed by atoms with van der Waals surface area (Å²) in [6.07, 6.45) is 8.51. The topological polar surface area (TPSA) is 45.8 Å². The number of allylic oxidation sites excluding steroid dienone is 2. The SMILES string of the molecule is O=C1/C(=C\C=C/c2ccccc2)SC(=S)N1/N=C/c1ccco1. The van der Waals surface area contributed by atoms with Crippen LogP contribution in [-0.2, 0) is 4.79 Å². The zero-order valence-corrected chi connectivity index (χ0v) is 13.6. The molecule has 1 aromatic heterocycles. The number of carbonyl (C=O) groups excluding carboxylic acids is 1. The Balaban J connectivity index is 1.70. The third-order valence-electron chi connectivity index (χ3n) is 2.95. The molecule has 3 rings (SSSR count). The minimum absolute atomic E-state index is 0.236. The highest BCUT2D eigenvalue weighted by molar-refractivity contribution is 8.26. The molecule has 0 radical (unpaired) electrons. The normalized spacial score (nSPS) is 17.2. The Hall–Kier alpha value is -2.44. The van der Waals surface area contributed by atoms with E-state index >= 15 is 0 Å². The highest BCUT2D eigenvalue weighted by atomic mass is 32.2. The van der Waals surface area contributed by atoms with Crippen LogP contribution in [-0.4, -0.2) is 21.5 Å². The number of hydrogen-bond donors (Lipinski definition) is 0. The molecular weight excluding hydrogens is 328 g/mol. The number of furan rings is 1. The Kier molecular flexibility index (Phi) is 4.85. The summed E-state index contributed by atoms with van der Waals surface area (Å²) < 4.78 is 5.54. The molecule has 1 saturated heterocycles. The number of carbonyl (C=O) groups is 1. The number of benzene rings is 1. The maximum atomic E-state index is 12.3. The number of nitrogens with zero attached hydrogens (tertiary/aromatic N) is 2. The molecule has 1 aliphatic rings. The van der Waals surface area contributed by atoms with Gasteiger partial charge >= 0.3 is 0 Å². The van der Waals surface area contributed by atoms with Crippen molar-refractivity contribution in [3.05, 3.63) is 77.1 Å². The summed E-state index contributed by atoms with van der Waals surface area (Å²) in [5.74, 6) is 0.326. The van der Waals surface area contributed by atoms with Crippen LogP contribution >= 0.6 is 24.0 Å². The van der Waals surface area contributed by atoms with Gasteiger partial charge in [-0.2, -0.15) is 10.1 Å². The number of hydrazone groups is 1. The molecule has 23 heavy (non-hydrogen) atoms. The largest absolute Gasteiger partial charge is 0.463 e. The van der Waals surface area contributed by atoms with Gasteiger partial charge in [-0.1, -0.05) is 54.2 Å². The van der Waals surface area contributed by atoms with E-state index in [0.29, 0.717) is 15.0 Å². The molecule has 0 saturated carbocycles. The molecular formula is C17H12N2O2S2. The number of thiocarbonyl (C=S) groups is 1. The summed E-state index contributed by atoms with van der Waals surface area (Å²) in [7, 11) is 0. The highest BCUT2D eigenvalue weighted by Gasteiger charge is 2.31. The average Bonchev–Trinajstić information content (AvgIpc) is 3.16. The Morgan fingerprint density at radius 1 is 1.17 bits per heavy atom. The van der Waals surface area contributed by atoms with Gasteiger partial charge in [-0.25, -0.2) is 0 Å². The van der Waals surface area contributed by atoms with Crippen molar-refractivity contribution in [3.8, 4) is 0 Å². The Labute approximate surface area is 143 Å². The Bertz CT molecular complexity index is 793. The molecule has 2 heterocycles. The molecule has 4 nitrogen and oxygen atoms in total. The van der Waals surface area contributed by atoms with Gasteiger partial charge < -0.3 is 4.42 Å². The third kappa shape index (κ3) is 3.85. The number of hydrogen-bond acceptors (Lipinski definition) is 5. The van der Waals surface area contributed by atoms with E-state index in [9.17, 15) is 4.79 Å². The van der Waals surface area contributed by atoms with Crippen molar-refractivity contribution in [3.63, 3.8) is 0 Å². The molecule has 1 aromatic carbocycles. The van der Waals surface area contributed by atoms with Crippen LogP contribution in [0.15, 0.2) is 75.3 Å². The lowest BCUT2D eigenvalue weighted by molar-refractivity contribution is -0.122. The van der Waals surface area contributed by atoms with Gasteiger partial charge in [0.2, 0.25) is 0 Å². The summed E-state index contributed by atoms with van der Waals surface area (Å²) in [6, 6.07) is 13.4. The van der Waals surface area contributed by atoms with E-state index < -0.39 is 0 Å². The van der Waals surface area contributed by atoms with E-state index in [1.165, 1.54) is 23.0 Å². The standard InChI is InChI=1S/C17H12N2O2S2/c20-16-15(10-4-8-13-6-2-1-3-7-13)23-17(22)19(16)18-12-14-9-5-11-21-14/h1-12H/b8-4-,15-10+,18-12+. The third-order valence-corrected chi connectivity index (χ3v) is 4.25. The first-order valence-electron chi connectivity index (χ1n) is 6.81. The summed E-state index contributed by atoms with van der Waals surface area (Å²) in [5.41, 5.74) is 1.06. The van der Waals surface area contributed by atoms with E-state index in [2.05, 4.69) is 5.10 Å². The average molecular weight is 340 g/mol. The first-order valence-corrected chi connectivity index (χ1v) is 8.04. The molecule has 0 bridgehead atoms. The van der Waals surface area contributed by atoms with Gasteiger partial charge in [0.1, 0.15) is 5.76 Å². The highest BCUT2D eigenvalue weighted by Crippen LogP contribution is 2.31. The van der Waals surface area contributed by atoms with Crippen molar-refractivity contribution in [1.82, 2.24) is 5.01 Å². The molecule has 0 unspecified atom stereocenters. The molecule has 0 spiro atoms. The molecule has 1 fully saturated rings. The van der Waals surface area contributed by atoms with Crippen molar-refractivity contribution in [1.29, 1.82) is 0 Å². The van der Waals surface area contributed by atoms with Crippen molar-refractivity contribution < 1.29 is 9.21 Å². The van der Waals surface area contributed by atoms with E-state index in [4.69, 9.17) is 16.6 Å². The molecule has 1 aliphatic heterocycles. The molecule has 0 atom stereocenters. The fourth-order valence-electron chi connectivity index (χ4n) is 1.86. The van der Waals surface area contributed by atoms with E-state index in [0.717, 1.165) is 5.56 Å². The van der Waals surface area contributed by atoms with Gasteiger partial charge in [0.05, 0.1) is 17.4 Å². The fraction of sp³-hybridized carbons (Fsp3) is 0. The summed E-state index contributed by atoms with van der Waals surface area (Å²) in [6.45, 7) is 0. The zero-order valence-electron chi connectivity index (χ0n) is 12.0. The Morgan fingerprint density at radius 2 is 2.00 bits per heavy atom. The van der Waals surface area contributed by atoms with E-state index in [1.807, 2.05) is 42.5 Å². The lowest BCUT2D eigenvalue weighted by Gasteiger charge is -2.04. The molecule has 6 heteroatoms. The molecule has 2 aromatic rings. The fourth-order valence-corrected chi connectivity index (χ4v) is 2.99. The van der Waals surface area contributed by atoms with Gasteiger partial charge in [-0.15, -0.1) is 0 Å². The lowest BCUT2D eigenvalue weighted by atomic mass is 10.2. The van der Waals surface area contributed by atoms with Gasteiger partial charge in [-0.3, -0.25) is 4.79 Å². The van der Waals surface area contributed by atoms with Gasteiger partial charge in [-0.05, 0) is 36.0 Å². The van der Waals surface area contributed by atoms with Crippen LogP contribution in [0.1, 0.15) is 11.3 Å². The zero-order chi connectivity index (χ0) is 16.1. The first kappa shape index (κ1) is 15.5. The number of thioether (sulfide) groups is 1. The second kappa shape index (κ2) is 7.21. The predicted octanol–water partition coefficient (Wildman–Crippen LogP) is 4.07. The van der Waals surface area contributed by atoms with E-state index in [1.54, 1.807) is 24.5 Å². The minimum atomic E-state index is -0.236. The van der Waals surface area contributed by atoms with Crippen molar-refractivity contribution >= 4 is 46.5 Å². The van der Waals surface area contributed by atoms with E-state index in [-0.39, 0.29) is 5.91 Å². The van der Waals surface area contributed by atoms with Crippen LogP contribution in [0.25, 0.3) is 6.08 Å². The maximum absolute atomic E-state index is 12.3. The Morgan fingerprint density at radius 3 is 2.74 bits per heavy atom. The smallest absolute Gasteiger partial charge is 0.286 e. The number of amides is 1.